The van der Waals surface area contributed by atoms with E-state index >= 15 is 0 Å². The van der Waals surface area contributed by atoms with Gasteiger partial charge in [0.15, 0.2) is 11.4 Å². The van der Waals surface area contributed by atoms with Crippen LogP contribution in [-0.2, 0) is 10.3 Å². The van der Waals surface area contributed by atoms with E-state index in [-0.39, 0.29) is 11.3 Å². The van der Waals surface area contributed by atoms with Crippen LogP contribution in [0, 0.1) is 5.41 Å². The summed E-state index contributed by atoms with van der Waals surface area (Å²) in [5.41, 5.74) is -0.988. The minimum atomic E-state index is -1.11. The third-order valence-electron chi connectivity index (χ3n) is 4.12. The Morgan fingerprint density at radius 2 is 2.17 bits per heavy atom. The molecule has 6 heteroatoms. The Balaban J connectivity index is 2.43. The maximum atomic E-state index is 11.3. The van der Waals surface area contributed by atoms with E-state index in [4.69, 9.17) is 0 Å². The van der Waals surface area contributed by atoms with Crippen LogP contribution in [0.15, 0.2) is 0 Å². The first-order valence-corrected chi connectivity index (χ1v) is 6.29. The standard InChI is InChI=1S/C12H20N4O2/c1-11(2)7-5-6-8(11)9-13-14-15-16(9)12(3,4)10(17)18/h8H,5-7H2,1-4H3,(H,17,18). The van der Waals surface area contributed by atoms with Crippen LogP contribution in [0.3, 0.4) is 0 Å². The molecule has 1 N–H and O–H groups in total. The predicted molar refractivity (Wildman–Crippen MR) is 65.1 cm³/mol. The van der Waals surface area contributed by atoms with Crippen LogP contribution in [0.5, 0.6) is 0 Å². The van der Waals surface area contributed by atoms with E-state index in [1.165, 1.54) is 4.68 Å². The van der Waals surface area contributed by atoms with Gasteiger partial charge in [0.25, 0.3) is 0 Å². The summed E-state index contributed by atoms with van der Waals surface area (Å²) in [6.45, 7) is 7.63. The first-order valence-electron chi connectivity index (χ1n) is 6.29. The lowest BCUT2D eigenvalue weighted by atomic mass is 9.81. The van der Waals surface area contributed by atoms with Crippen molar-refractivity contribution in [2.24, 2.45) is 5.41 Å². The van der Waals surface area contributed by atoms with Crippen LogP contribution in [-0.4, -0.2) is 31.3 Å². The average molecular weight is 252 g/mol. The molecule has 1 aliphatic rings. The summed E-state index contributed by atoms with van der Waals surface area (Å²) < 4.78 is 1.47. The van der Waals surface area contributed by atoms with Gasteiger partial charge in [-0.15, -0.1) is 5.10 Å². The van der Waals surface area contributed by atoms with Gasteiger partial charge in [-0.25, -0.2) is 9.48 Å². The summed E-state index contributed by atoms with van der Waals surface area (Å²) >= 11 is 0. The first-order chi connectivity index (χ1) is 8.27. The highest BCUT2D eigenvalue weighted by molar-refractivity contribution is 5.75. The molecule has 0 bridgehead atoms. The van der Waals surface area contributed by atoms with Crippen LogP contribution in [0.4, 0.5) is 0 Å². The molecule has 2 rings (SSSR count). The SMILES string of the molecule is CC1(C)CCCC1c1nnnn1C(C)(C)C(=O)O. The molecule has 0 amide bonds. The molecule has 0 spiro atoms. The maximum absolute atomic E-state index is 11.3. The molecule has 100 valence electrons. The van der Waals surface area contributed by atoms with Crippen molar-refractivity contribution in [3.8, 4) is 0 Å². The Kier molecular flexibility index (Phi) is 2.91. The monoisotopic (exact) mass is 252 g/mol. The van der Waals surface area contributed by atoms with Gasteiger partial charge in [-0.1, -0.05) is 20.3 Å². The lowest BCUT2D eigenvalue weighted by molar-refractivity contribution is -0.146. The maximum Gasteiger partial charge on any atom is 0.331 e. The van der Waals surface area contributed by atoms with Crippen LogP contribution in [0.25, 0.3) is 0 Å². The number of aliphatic carboxylic acids is 1. The minimum absolute atomic E-state index is 0.126. The second kappa shape index (κ2) is 4.03. The Bertz CT molecular complexity index is 464. The van der Waals surface area contributed by atoms with E-state index in [1.54, 1.807) is 13.8 Å². The highest BCUT2D eigenvalue weighted by Crippen LogP contribution is 2.48. The summed E-state index contributed by atoms with van der Waals surface area (Å²) in [6, 6.07) is 0. The smallest absolute Gasteiger partial charge is 0.331 e. The topological polar surface area (TPSA) is 80.9 Å². The van der Waals surface area contributed by atoms with Gasteiger partial charge in [0.05, 0.1) is 0 Å². The van der Waals surface area contributed by atoms with E-state index < -0.39 is 11.5 Å². The number of nitrogens with zero attached hydrogens (tertiary/aromatic N) is 4. The van der Waals surface area contributed by atoms with Crippen LogP contribution >= 0.6 is 0 Å². The lowest BCUT2D eigenvalue weighted by Crippen LogP contribution is -2.39. The zero-order valence-corrected chi connectivity index (χ0v) is 11.3. The highest BCUT2D eigenvalue weighted by Gasteiger charge is 2.42. The molecule has 0 aromatic carbocycles. The Morgan fingerprint density at radius 3 is 2.67 bits per heavy atom. The van der Waals surface area contributed by atoms with E-state index in [0.29, 0.717) is 5.82 Å². The fraction of sp³-hybridized carbons (Fsp3) is 0.833. The zero-order valence-electron chi connectivity index (χ0n) is 11.3. The van der Waals surface area contributed by atoms with Crippen molar-refractivity contribution in [3.05, 3.63) is 5.82 Å². The van der Waals surface area contributed by atoms with Crippen LogP contribution in [0.1, 0.15) is 58.7 Å². The molecule has 1 aromatic rings. The number of carboxylic acid groups (broad SMARTS) is 1. The molecular formula is C12H20N4O2. The van der Waals surface area contributed by atoms with Crippen LogP contribution < -0.4 is 0 Å². The molecule has 1 aliphatic carbocycles. The third-order valence-corrected chi connectivity index (χ3v) is 4.12. The molecular weight excluding hydrogens is 232 g/mol. The summed E-state index contributed by atoms with van der Waals surface area (Å²) in [4.78, 5) is 11.3. The quantitative estimate of drug-likeness (QED) is 0.886. The molecule has 0 radical (unpaired) electrons. The van der Waals surface area contributed by atoms with Gasteiger partial charge in [0, 0.05) is 5.92 Å². The lowest BCUT2D eigenvalue weighted by Gasteiger charge is -2.29. The molecule has 18 heavy (non-hydrogen) atoms. The largest absolute Gasteiger partial charge is 0.479 e. The number of hydrogen-bond acceptors (Lipinski definition) is 4. The second-order valence-electron chi connectivity index (χ2n) is 6.25. The van der Waals surface area contributed by atoms with Crippen molar-refractivity contribution in [3.63, 3.8) is 0 Å². The van der Waals surface area contributed by atoms with Crippen molar-refractivity contribution in [1.29, 1.82) is 0 Å². The highest BCUT2D eigenvalue weighted by atomic mass is 16.4. The molecule has 1 aromatic heterocycles. The molecule has 1 saturated carbocycles. The molecule has 0 saturated heterocycles. The summed E-state index contributed by atoms with van der Waals surface area (Å²) in [5.74, 6) is 0.00266. The Hall–Kier alpha value is -1.46. The number of aromatic nitrogens is 4. The van der Waals surface area contributed by atoms with E-state index in [2.05, 4.69) is 29.4 Å². The Morgan fingerprint density at radius 1 is 1.50 bits per heavy atom. The number of carboxylic acids is 1. The molecule has 0 aliphatic heterocycles. The molecule has 1 fully saturated rings. The number of hydrogen-bond donors (Lipinski definition) is 1. The number of carbonyl (C=O) groups is 1. The predicted octanol–water partition coefficient (Wildman–Crippen LogP) is 1.79. The number of tetrazole rings is 1. The Labute approximate surface area is 106 Å². The molecule has 6 nitrogen and oxygen atoms in total. The average Bonchev–Trinajstić information content (AvgIpc) is 2.83. The third kappa shape index (κ3) is 1.89. The van der Waals surface area contributed by atoms with Gasteiger partial charge in [-0.3, -0.25) is 0 Å². The van der Waals surface area contributed by atoms with Gasteiger partial charge in [-0.2, -0.15) is 0 Å². The van der Waals surface area contributed by atoms with Gasteiger partial charge >= 0.3 is 5.97 Å². The van der Waals surface area contributed by atoms with Crippen molar-refractivity contribution < 1.29 is 9.90 Å². The van der Waals surface area contributed by atoms with E-state index in [1.807, 2.05) is 0 Å². The van der Waals surface area contributed by atoms with Gasteiger partial charge in [0.2, 0.25) is 0 Å². The molecule has 1 unspecified atom stereocenters. The van der Waals surface area contributed by atoms with Gasteiger partial charge < -0.3 is 5.11 Å². The van der Waals surface area contributed by atoms with E-state index in [9.17, 15) is 9.90 Å². The van der Waals surface area contributed by atoms with Gasteiger partial charge in [0.1, 0.15) is 0 Å². The minimum Gasteiger partial charge on any atom is -0.479 e. The van der Waals surface area contributed by atoms with Crippen molar-refractivity contribution in [1.82, 2.24) is 20.2 Å². The zero-order chi connectivity index (χ0) is 13.6. The first kappa shape index (κ1) is 13.0. The molecule has 1 heterocycles. The van der Waals surface area contributed by atoms with E-state index in [0.717, 1.165) is 19.3 Å². The van der Waals surface area contributed by atoms with Crippen molar-refractivity contribution in [2.45, 2.75) is 58.4 Å². The fourth-order valence-electron chi connectivity index (χ4n) is 2.71. The van der Waals surface area contributed by atoms with Crippen molar-refractivity contribution >= 4 is 5.97 Å². The summed E-state index contributed by atoms with van der Waals surface area (Å²) in [5, 5.41) is 20.9. The number of rotatable bonds is 3. The van der Waals surface area contributed by atoms with Gasteiger partial charge in [-0.05, 0) is 42.5 Å². The fourth-order valence-corrected chi connectivity index (χ4v) is 2.71. The van der Waals surface area contributed by atoms with Crippen molar-refractivity contribution in [2.75, 3.05) is 0 Å². The summed E-state index contributed by atoms with van der Waals surface area (Å²) in [6.07, 6.45) is 3.28. The second-order valence-corrected chi connectivity index (χ2v) is 6.25. The molecule has 1 atom stereocenters. The van der Waals surface area contributed by atoms with Crippen LogP contribution in [0.2, 0.25) is 0 Å². The normalized spacial score (nSPS) is 23.2. The summed E-state index contributed by atoms with van der Waals surface area (Å²) in [7, 11) is 0.